The highest BCUT2D eigenvalue weighted by atomic mass is 19.4. The Balaban J connectivity index is 2.29. The number of nitrogens with zero attached hydrogens (tertiary/aromatic N) is 2. The molecule has 0 spiro atoms. The summed E-state index contributed by atoms with van der Waals surface area (Å²) in [6.07, 6.45) is -4.62. The van der Waals surface area contributed by atoms with Gasteiger partial charge in [-0.05, 0) is 6.07 Å². The van der Waals surface area contributed by atoms with E-state index in [4.69, 9.17) is 5.26 Å². The molecule has 1 atom stereocenters. The first-order valence-electron chi connectivity index (χ1n) is 6.67. The van der Waals surface area contributed by atoms with Gasteiger partial charge in [0, 0.05) is 31.7 Å². The van der Waals surface area contributed by atoms with Crippen LogP contribution in [0.5, 0.6) is 5.75 Å². The Morgan fingerprint density at radius 1 is 1.29 bits per heavy atom. The van der Waals surface area contributed by atoms with Crippen LogP contribution in [0.3, 0.4) is 0 Å². The number of ether oxygens (including phenoxy) is 1. The largest absolute Gasteiger partial charge is 0.573 e. The predicted octanol–water partition coefficient (Wildman–Crippen LogP) is 2.45. The second-order valence-electron chi connectivity index (χ2n) is 4.75. The highest BCUT2D eigenvalue weighted by Gasteiger charge is 2.34. The Kier molecular flexibility index (Phi) is 5.04. The molecule has 21 heavy (non-hydrogen) atoms. The van der Waals surface area contributed by atoms with Gasteiger partial charge < -0.3 is 10.1 Å². The maximum atomic E-state index is 12.5. The van der Waals surface area contributed by atoms with Crippen molar-refractivity contribution in [2.45, 2.75) is 18.8 Å². The molecule has 0 radical (unpaired) electrons. The fourth-order valence-corrected chi connectivity index (χ4v) is 2.49. The van der Waals surface area contributed by atoms with Crippen molar-refractivity contribution in [1.82, 2.24) is 10.2 Å². The molecule has 1 aliphatic heterocycles. The van der Waals surface area contributed by atoms with Crippen molar-refractivity contribution in [3.63, 3.8) is 0 Å². The van der Waals surface area contributed by atoms with E-state index in [1.54, 1.807) is 12.1 Å². The molecule has 1 fully saturated rings. The molecule has 1 heterocycles. The molecule has 2 rings (SSSR count). The number of nitriles is 1. The lowest BCUT2D eigenvalue weighted by atomic mass is 10.0. The van der Waals surface area contributed by atoms with Gasteiger partial charge in [-0.15, -0.1) is 13.2 Å². The maximum Gasteiger partial charge on any atom is 0.573 e. The number of nitrogens with one attached hydrogen (secondary N) is 1. The average molecular weight is 299 g/mol. The molecule has 0 amide bonds. The second kappa shape index (κ2) is 6.78. The van der Waals surface area contributed by atoms with E-state index >= 15 is 0 Å². The molecule has 4 nitrogen and oxygen atoms in total. The molecule has 0 unspecified atom stereocenters. The van der Waals surface area contributed by atoms with Crippen LogP contribution in [-0.2, 0) is 0 Å². The van der Waals surface area contributed by atoms with Gasteiger partial charge in [-0.3, -0.25) is 4.90 Å². The van der Waals surface area contributed by atoms with E-state index in [1.807, 2.05) is 4.90 Å². The number of hydrogen-bond donors (Lipinski definition) is 1. The molecule has 1 aromatic rings. The van der Waals surface area contributed by atoms with Crippen molar-refractivity contribution in [3.8, 4) is 11.8 Å². The van der Waals surface area contributed by atoms with E-state index in [0.717, 1.165) is 13.1 Å². The lowest BCUT2D eigenvalue weighted by Crippen LogP contribution is -2.45. The summed E-state index contributed by atoms with van der Waals surface area (Å²) < 4.78 is 41.6. The van der Waals surface area contributed by atoms with E-state index in [-0.39, 0.29) is 12.2 Å². The van der Waals surface area contributed by atoms with Crippen LogP contribution in [0.1, 0.15) is 18.0 Å². The molecule has 0 aromatic heterocycles. The number of benzene rings is 1. The fraction of sp³-hybridized carbons (Fsp3) is 0.500. The number of hydrogen-bond acceptors (Lipinski definition) is 4. The zero-order chi connectivity index (χ0) is 15.3. The van der Waals surface area contributed by atoms with Crippen molar-refractivity contribution in [1.29, 1.82) is 5.26 Å². The highest BCUT2D eigenvalue weighted by Crippen LogP contribution is 2.34. The highest BCUT2D eigenvalue weighted by molar-refractivity contribution is 5.36. The molecule has 1 aliphatic rings. The van der Waals surface area contributed by atoms with E-state index < -0.39 is 12.4 Å². The van der Waals surface area contributed by atoms with Crippen molar-refractivity contribution >= 4 is 0 Å². The van der Waals surface area contributed by atoms with Gasteiger partial charge in [-0.25, -0.2) is 0 Å². The lowest BCUT2D eigenvalue weighted by Gasteiger charge is -2.34. The van der Waals surface area contributed by atoms with E-state index in [1.165, 1.54) is 12.1 Å². The number of rotatable bonds is 4. The molecule has 1 N–H and O–H groups in total. The second-order valence-corrected chi connectivity index (χ2v) is 4.75. The number of para-hydroxylation sites is 1. The monoisotopic (exact) mass is 299 g/mol. The van der Waals surface area contributed by atoms with Gasteiger partial charge in [0.15, 0.2) is 0 Å². The summed E-state index contributed by atoms with van der Waals surface area (Å²) >= 11 is 0. The first kappa shape index (κ1) is 15.6. The molecular formula is C14H16F3N3O. The Morgan fingerprint density at radius 3 is 2.57 bits per heavy atom. The molecule has 1 aromatic carbocycles. The quantitative estimate of drug-likeness (QED) is 0.927. The smallest absolute Gasteiger partial charge is 0.405 e. The van der Waals surface area contributed by atoms with Gasteiger partial charge in [0.2, 0.25) is 0 Å². The van der Waals surface area contributed by atoms with E-state index in [2.05, 4.69) is 16.1 Å². The Labute approximate surface area is 121 Å². The van der Waals surface area contributed by atoms with Crippen LogP contribution in [-0.4, -0.2) is 37.4 Å². The summed E-state index contributed by atoms with van der Waals surface area (Å²) in [5, 5.41) is 12.2. The van der Waals surface area contributed by atoms with Crippen LogP contribution in [0.2, 0.25) is 0 Å². The first-order valence-corrected chi connectivity index (χ1v) is 6.67. The van der Waals surface area contributed by atoms with Gasteiger partial charge in [0.25, 0.3) is 0 Å². The van der Waals surface area contributed by atoms with Gasteiger partial charge in [0.05, 0.1) is 18.5 Å². The number of alkyl halides is 3. The van der Waals surface area contributed by atoms with Gasteiger partial charge >= 0.3 is 6.36 Å². The van der Waals surface area contributed by atoms with Crippen molar-refractivity contribution < 1.29 is 17.9 Å². The topological polar surface area (TPSA) is 48.3 Å². The molecule has 114 valence electrons. The number of halogens is 3. The molecule has 7 heteroatoms. The normalized spacial score (nSPS) is 18.0. The summed E-state index contributed by atoms with van der Waals surface area (Å²) in [6, 6.07) is 7.69. The summed E-state index contributed by atoms with van der Waals surface area (Å²) in [5.74, 6) is -0.233. The van der Waals surface area contributed by atoms with Crippen LogP contribution >= 0.6 is 0 Å². The van der Waals surface area contributed by atoms with Crippen LogP contribution < -0.4 is 10.1 Å². The fourth-order valence-electron chi connectivity index (χ4n) is 2.49. The SMILES string of the molecule is N#CC[C@@H](c1ccccc1OC(F)(F)F)N1CCNCC1. The Morgan fingerprint density at radius 2 is 1.95 bits per heavy atom. The van der Waals surface area contributed by atoms with Crippen molar-refractivity contribution in [2.75, 3.05) is 26.2 Å². The minimum atomic E-state index is -4.74. The zero-order valence-corrected chi connectivity index (χ0v) is 11.4. The first-order chi connectivity index (χ1) is 10.0. The summed E-state index contributed by atoms with van der Waals surface area (Å²) in [6.45, 7) is 2.88. The summed E-state index contributed by atoms with van der Waals surface area (Å²) in [7, 11) is 0. The number of piperazine rings is 1. The van der Waals surface area contributed by atoms with E-state index in [0.29, 0.717) is 18.7 Å². The molecular weight excluding hydrogens is 283 g/mol. The third-order valence-corrected chi connectivity index (χ3v) is 3.38. The molecule has 0 saturated carbocycles. The zero-order valence-electron chi connectivity index (χ0n) is 11.4. The lowest BCUT2D eigenvalue weighted by molar-refractivity contribution is -0.275. The van der Waals surface area contributed by atoms with E-state index in [9.17, 15) is 13.2 Å². The van der Waals surface area contributed by atoms with Crippen LogP contribution in [0.4, 0.5) is 13.2 Å². The average Bonchev–Trinajstić information content (AvgIpc) is 2.45. The third-order valence-electron chi connectivity index (χ3n) is 3.38. The minimum absolute atomic E-state index is 0.123. The minimum Gasteiger partial charge on any atom is -0.405 e. The van der Waals surface area contributed by atoms with Crippen LogP contribution in [0.15, 0.2) is 24.3 Å². The molecule has 0 bridgehead atoms. The Hall–Kier alpha value is -1.78. The molecule has 0 aliphatic carbocycles. The van der Waals surface area contributed by atoms with Crippen LogP contribution in [0, 0.1) is 11.3 Å². The maximum absolute atomic E-state index is 12.5. The van der Waals surface area contributed by atoms with Crippen molar-refractivity contribution in [3.05, 3.63) is 29.8 Å². The Bertz CT molecular complexity index is 507. The summed E-state index contributed by atoms with van der Waals surface area (Å²) in [5.41, 5.74) is 0.401. The van der Waals surface area contributed by atoms with Gasteiger partial charge in [-0.2, -0.15) is 5.26 Å². The predicted molar refractivity (Wildman–Crippen MR) is 70.5 cm³/mol. The van der Waals surface area contributed by atoms with Crippen LogP contribution in [0.25, 0.3) is 0 Å². The summed E-state index contributed by atoms with van der Waals surface area (Å²) in [4.78, 5) is 2.01. The van der Waals surface area contributed by atoms with Gasteiger partial charge in [-0.1, -0.05) is 18.2 Å². The van der Waals surface area contributed by atoms with Gasteiger partial charge in [0.1, 0.15) is 5.75 Å². The van der Waals surface area contributed by atoms with Crippen molar-refractivity contribution in [2.24, 2.45) is 0 Å². The standard InChI is InChI=1S/C14H16F3N3O/c15-14(16,17)21-13-4-2-1-3-11(13)12(5-6-18)20-9-7-19-8-10-20/h1-4,12,19H,5,7-10H2/t12-/m0/s1. The third kappa shape index (κ3) is 4.34. The molecule has 1 saturated heterocycles.